The van der Waals surface area contributed by atoms with Gasteiger partial charge in [-0.15, -0.1) is 0 Å². The molecule has 166 valence electrons. The summed E-state index contributed by atoms with van der Waals surface area (Å²) in [4.78, 5) is 28.0. The van der Waals surface area contributed by atoms with Gasteiger partial charge in [-0.3, -0.25) is 14.9 Å². The van der Waals surface area contributed by atoms with Gasteiger partial charge >= 0.3 is 0 Å². The molecule has 1 fully saturated rings. The number of hydrogen-bond donors (Lipinski definition) is 0. The fourth-order valence-electron chi connectivity index (χ4n) is 5.04. The molecule has 2 aliphatic rings. The first-order chi connectivity index (χ1) is 16.0. The van der Waals surface area contributed by atoms with Gasteiger partial charge in [0.1, 0.15) is 17.8 Å². The lowest BCUT2D eigenvalue weighted by Crippen LogP contribution is -2.44. The molecule has 0 spiro atoms. The number of fused-ring (bicyclic) bond motifs is 3. The molecule has 0 amide bonds. The van der Waals surface area contributed by atoms with Crippen LogP contribution in [0.3, 0.4) is 0 Å². The molecule has 33 heavy (non-hydrogen) atoms. The Morgan fingerprint density at radius 3 is 2.39 bits per heavy atom. The van der Waals surface area contributed by atoms with Crippen LogP contribution in [0.1, 0.15) is 27.4 Å². The minimum atomic E-state index is -0.996. The number of rotatable bonds is 5. The summed E-state index contributed by atoms with van der Waals surface area (Å²) in [6.45, 7) is 0. The maximum Gasteiger partial charge on any atom is 0.245 e. The Kier molecular flexibility index (Phi) is 5.38. The van der Waals surface area contributed by atoms with E-state index in [1.165, 1.54) is 0 Å². The topological polar surface area (TPSA) is 72.7 Å². The van der Waals surface area contributed by atoms with E-state index in [0.717, 1.165) is 16.8 Å². The number of hydrogen-bond acceptors (Lipinski definition) is 5. The molecule has 0 aliphatic carbocycles. The number of anilines is 1. The molecule has 0 N–H and O–H groups in total. The number of benzene rings is 3. The fraction of sp³-hybridized carbons (Fsp3) is 0.192. The second kappa shape index (κ2) is 8.37. The number of nitro groups is 1. The summed E-state index contributed by atoms with van der Waals surface area (Å²) in [7, 11) is 1.57. The fourth-order valence-corrected chi connectivity index (χ4v) is 5.17. The number of ketones is 1. The van der Waals surface area contributed by atoms with E-state index in [2.05, 4.69) is 0 Å². The van der Waals surface area contributed by atoms with Crippen LogP contribution in [0.5, 0.6) is 5.75 Å². The van der Waals surface area contributed by atoms with Crippen molar-refractivity contribution in [3.8, 4) is 5.75 Å². The molecule has 3 aromatic rings. The molecule has 0 bridgehead atoms. The Bertz CT molecular complexity index is 1240. The third kappa shape index (κ3) is 3.56. The van der Waals surface area contributed by atoms with Crippen LogP contribution in [-0.2, 0) is 0 Å². The second-order valence-corrected chi connectivity index (χ2v) is 8.64. The first-order valence-corrected chi connectivity index (χ1v) is 11.0. The highest BCUT2D eigenvalue weighted by atomic mass is 35.5. The maximum atomic E-state index is 13.9. The lowest BCUT2D eigenvalue weighted by atomic mass is 9.83. The zero-order chi connectivity index (χ0) is 23.1. The predicted octanol–water partition coefficient (Wildman–Crippen LogP) is 5.24. The molecule has 3 aromatic carbocycles. The van der Waals surface area contributed by atoms with Crippen LogP contribution in [0.25, 0.3) is 6.08 Å². The van der Waals surface area contributed by atoms with E-state index >= 15 is 0 Å². The van der Waals surface area contributed by atoms with E-state index in [4.69, 9.17) is 16.3 Å². The van der Waals surface area contributed by atoms with E-state index in [1.807, 2.05) is 53.5 Å². The monoisotopic (exact) mass is 460 g/mol. The molecular formula is C26H21ClN2O4. The summed E-state index contributed by atoms with van der Waals surface area (Å²) < 4.78 is 5.27. The Labute approximate surface area is 196 Å². The van der Waals surface area contributed by atoms with Crippen LogP contribution in [0.4, 0.5) is 5.69 Å². The highest BCUT2D eigenvalue weighted by Gasteiger charge is 2.58. The second-order valence-electron chi connectivity index (χ2n) is 8.21. The van der Waals surface area contributed by atoms with Gasteiger partial charge in [-0.1, -0.05) is 54.1 Å². The first kappa shape index (κ1) is 21.2. The van der Waals surface area contributed by atoms with E-state index in [0.29, 0.717) is 16.3 Å². The Hall–Kier alpha value is -3.64. The standard InChI is InChI=1S/C26H21ClN2O4/c1-33-20-13-8-17(9-14-20)23-24(29(31)32)22-15-10-16-4-2-3-5-21(16)28(22)25(23)26(30)18-6-11-19(27)12-7-18/h2-15,22-25H,1H3/t22-,23-,24-,25-/m0/s1. The number of carbonyl (C=O) groups excluding carboxylic acids is 1. The Morgan fingerprint density at radius 1 is 1.03 bits per heavy atom. The van der Waals surface area contributed by atoms with E-state index < -0.39 is 24.0 Å². The third-order valence-electron chi connectivity index (χ3n) is 6.51. The lowest BCUT2D eigenvalue weighted by Gasteiger charge is -2.34. The number of halogens is 1. The van der Waals surface area contributed by atoms with E-state index in [1.54, 1.807) is 43.5 Å². The summed E-state index contributed by atoms with van der Waals surface area (Å²) in [5.41, 5.74) is 2.95. The molecule has 7 heteroatoms. The van der Waals surface area contributed by atoms with Crippen LogP contribution in [0.2, 0.25) is 5.02 Å². The quantitative estimate of drug-likeness (QED) is 0.295. The molecule has 0 radical (unpaired) electrons. The van der Waals surface area contributed by atoms with Crippen molar-refractivity contribution < 1.29 is 14.5 Å². The number of nitrogens with zero attached hydrogens (tertiary/aromatic N) is 2. The summed E-state index contributed by atoms with van der Waals surface area (Å²) in [5, 5.41) is 12.9. The van der Waals surface area contributed by atoms with Gasteiger partial charge in [0.05, 0.1) is 13.0 Å². The summed E-state index contributed by atoms with van der Waals surface area (Å²) in [5.74, 6) is -0.181. The van der Waals surface area contributed by atoms with Gasteiger partial charge in [0.25, 0.3) is 0 Å². The average Bonchev–Trinajstić information content (AvgIpc) is 3.20. The average molecular weight is 461 g/mol. The van der Waals surface area contributed by atoms with Gasteiger partial charge in [-0.2, -0.15) is 0 Å². The van der Waals surface area contributed by atoms with Crippen molar-refractivity contribution >= 4 is 29.1 Å². The van der Waals surface area contributed by atoms with Crippen LogP contribution >= 0.6 is 11.6 Å². The third-order valence-corrected chi connectivity index (χ3v) is 6.76. The molecule has 2 aliphatic heterocycles. The summed E-state index contributed by atoms with van der Waals surface area (Å²) in [6.07, 6.45) is 3.76. The van der Waals surface area contributed by atoms with Crippen molar-refractivity contribution in [1.29, 1.82) is 0 Å². The molecule has 0 unspecified atom stereocenters. The zero-order valence-electron chi connectivity index (χ0n) is 17.8. The largest absolute Gasteiger partial charge is 0.497 e. The van der Waals surface area contributed by atoms with Crippen molar-refractivity contribution in [3.05, 3.63) is 111 Å². The molecule has 1 saturated heterocycles. The van der Waals surface area contributed by atoms with Gasteiger partial charge in [0, 0.05) is 21.2 Å². The number of ether oxygens (including phenoxy) is 1. The Balaban J connectivity index is 1.70. The predicted molar refractivity (Wildman–Crippen MR) is 128 cm³/mol. The summed E-state index contributed by atoms with van der Waals surface area (Å²) >= 11 is 6.04. The number of methoxy groups -OCH3 is 1. The van der Waals surface area contributed by atoms with Crippen LogP contribution in [0, 0.1) is 10.1 Å². The molecule has 2 heterocycles. The lowest BCUT2D eigenvalue weighted by molar-refractivity contribution is -0.524. The minimum absolute atomic E-state index is 0.174. The van der Waals surface area contributed by atoms with E-state index in [-0.39, 0.29) is 10.7 Å². The van der Waals surface area contributed by atoms with E-state index in [9.17, 15) is 14.9 Å². The number of carbonyl (C=O) groups is 1. The van der Waals surface area contributed by atoms with Crippen molar-refractivity contribution in [2.75, 3.05) is 12.0 Å². The smallest absolute Gasteiger partial charge is 0.245 e. The highest BCUT2D eigenvalue weighted by Crippen LogP contribution is 2.47. The minimum Gasteiger partial charge on any atom is -0.497 e. The van der Waals surface area contributed by atoms with Crippen molar-refractivity contribution in [2.45, 2.75) is 24.0 Å². The highest BCUT2D eigenvalue weighted by molar-refractivity contribution is 6.30. The van der Waals surface area contributed by atoms with Crippen LogP contribution in [-0.4, -0.2) is 35.9 Å². The number of Topliss-reactive ketones (excluding diaryl/α,β-unsaturated/α-hetero) is 1. The molecule has 4 atom stereocenters. The molecule has 0 saturated carbocycles. The van der Waals surface area contributed by atoms with Crippen LogP contribution in [0.15, 0.2) is 78.9 Å². The van der Waals surface area contributed by atoms with Crippen LogP contribution < -0.4 is 9.64 Å². The zero-order valence-corrected chi connectivity index (χ0v) is 18.6. The van der Waals surface area contributed by atoms with Crippen molar-refractivity contribution in [1.82, 2.24) is 0 Å². The number of para-hydroxylation sites is 1. The molecule has 5 rings (SSSR count). The molecule has 0 aromatic heterocycles. The Morgan fingerprint density at radius 2 is 1.73 bits per heavy atom. The normalized spacial score (nSPS) is 23.0. The molecule has 6 nitrogen and oxygen atoms in total. The first-order valence-electron chi connectivity index (χ1n) is 10.6. The van der Waals surface area contributed by atoms with Gasteiger partial charge in [0.2, 0.25) is 6.04 Å². The van der Waals surface area contributed by atoms with Gasteiger partial charge in [-0.05, 0) is 53.6 Å². The van der Waals surface area contributed by atoms with Gasteiger partial charge in [-0.25, -0.2) is 0 Å². The van der Waals surface area contributed by atoms with Crippen molar-refractivity contribution in [3.63, 3.8) is 0 Å². The SMILES string of the molecule is COc1ccc([C@H]2[C@@H]([N+](=O)[O-])[C@@H]3C=Cc4ccccc4N3[C@@H]2C(=O)c2ccc(Cl)cc2)cc1. The molecular weight excluding hydrogens is 440 g/mol. The van der Waals surface area contributed by atoms with Gasteiger partial charge in [0.15, 0.2) is 5.78 Å². The maximum absolute atomic E-state index is 13.9. The van der Waals surface area contributed by atoms with Gasteiger partial charge < -0.3 is 9.64 Å². The summed E-state index contributed by atoms with van der Waals surface area (Å²) in [6, 6.07) is 19.2. The van der Waals surface area contributed by atoms with Crippen molar-refractivity contribution in [2.24, 2.45) is 0 Å².